The maximum atomic E-state index is 8.61. The molecule has 12 heavy (non-hydrogen) atoms. The van der Waals surface area contributed by atoms with E-state index in [1.165, 1.54) is 6.42 Å². The first-order chi connectivity index (χ1) is 5.72. The van der Waals surface area contributed by atoms with Crippen LogP contribution in [0.1, 0.15) is 39.5 Å². The Hall–Kier alpha value is -0.340. The molecule has 0 fully saturated rings. The van der Waals surface area contributed by atoms with Gasteiger partial charge in [0.15, 0.2) is 0 Å². The molecule has 1 unspecified atom stereocenters. The molecule has 0 aliphatic carbocycles. The van der Waals surface area contributed by atoms with Crippen molar-refractivity contribution in [3.63, 3.8) is 0 Å². The van der Waals surface area contributed by atoms with E-state index < -0.39 is 6.10 Å². The maximum Gasteiger partial charge on any atom is 0.0770 e. The van der Waals surface area contributed by atoms with Crippen molar-refractivity contribution < 1.29 is 10.2 Å². The van der Waals surface area contributed by atoms with Crippen LogP contribution in [-0.4, -0.2) is 22.9 Å². The molecule has 0 radical (unpaired) electrons. The van der Waals surface area contributed by atoms with Crippen LogP contribution in [0.3, 0.4) is 0 Å². The molecule has 0 aliphatic rings. The molecule has 0 rings (SSSR count). The predicted octanol–water partition coefficient (Wildman–Crippen LogP) is 2.11. The third kappa shape index (κ3) is 16.3. The van der Waals surface area contributed by atoms with Gasteiger partial charge in [-0.2, -0.15) is 0 Å². The topological polar surface area (TPSA) is 40.5 Å². The third-order valence-corrected chi connectivity index (χ3v) is 1.33. The summed E-state index contributed by atoms with van der Waals surface area (Å²) in [6.45, 7) is 7.56. The van der Waals surface area contributed by atoms with Gasteiger partial charge in [0.25, 0.3) is 0 Å². The fourth-order valence-corrected chi connectivity index (χ4v) is 0.629. The smallest absolute Gasteiger partial charge is 0.0770 e. The van der Waals surface area contributed by atoms with Crippen molar-refractivity contribution in [3.8, 4) is 0 Å². The number of aliphatic hydroxyl groups is 2. The Morgan fingerprint density at radius 3 is 2.00 bits per heavy atom. The number of hydrogen-bond acceptors (Lipinski definition) is 2. The molecule has 0 saturated heterocycles. The van der Waals surface area contributed by atoms with Crippen molar-refractivity contribution in [2.24, 2.45) is 0 Å². The second-order valence-electron chi connectivity index (χ2n) is 2.70. The molecule has 2 heteroatoms. The predicted molar refractivity (Wildman–Crippen MR) is 53.1 cm³/mol. The second kappa shape index (κ2) is 13.3. The van der Waals surface area contributed by atoms with Crippen LogP contribution in [0.2, 0.25) is 0 Å². The molecule has 2 N–H and O–H groups in total. The van der Waals surface area contributed by atoms with Crippen molar-refractivity contribution in [2.45, 2.75) is 45.6 Å². The highest BCUT2D eigenvalue weighted by Gasteiger charge is 1.95. The molecular weight excluding hydrogens is 152 g/mol. The van der Waals surface area contributed by atoms with E-state index in [0.717, 1.165) is 12.8 Å². The molecule has 0 aromatic heterocycles. The molecule has 0 amide bonds. The first-order valence-electron chi connectivity index (χ1n) is 4.62. The molecule has 0 bridgehead atoms. The number of hydrogen-bond donors (Lipinski definition) is 2. The van der Waals surface area contributed by atoms with Gasteiger partial charge in [0, 0.05) is 0 Å². The van der Waals surface area contributed by atoms with Gasteiger partial charge in [0.05, 0.1) is 12.7 Å². The molecule has 0 aliphatic heterocycles. The summed E-state index contributed by atoms with van der Waals surface area (Å²) >= 11 is 0. The Balaban J connectivity index is 0. The van der Waals surface area contributed by atoms with Crippen molar-refractivity contribution in [1.29, 1.82) is 0 Å². The number of allylic oxidation sites excluding steroid dienone is 1. The van der Waals surface area contributed by atoms with Gasteiger partial charge in [-0.25, -0.2) is 0 Å². The summed E-state index contributed by atoms with van der Waals surface area (Å²) < 4.78 is 0. The van der Waals surface area contributed by atoms with Crippen LogP contribution < -0.4 is 0 Å². The van der Waals surface area contributed by atoms with Gasteiger partial charge in [0.2, 0.25) is 0 Å². The van der Waals surface area contributed by atoms with Crippen LogP contribution in [0.4, 0.5) is 0 Å². The molecule has 74 valence electrons. The van der Waals surface area contributed by atoms with Crippen LogP contribution in [0, 0.1) is 0 Å². The standard InChI is InChI=1S/C5H12O2.C5H10/c1-2-3-5(7)4-6;1-3-5-4-2/h5-7H,2-4H2,1H3;3H,1,4-5H2,2H3. The van der Waals surface area contributed by atoms with E-state index in [2.05, 4.69) is 13.5 Å². The van der Waals surface area contributed by atoms with E-state index in [0.29, 0.717) is 6.42 Å². The van der Waals surface area contributed by atoms with Crippen LogP contribution in [-0.2, 0) is 0 Å². The third-order valence-electron chi connectivity index (χ3n) is 1.33. The fourth-order valence-electron chi connectivity index (χ4n) is 0.629. The molecule has 1 atom stereocenters. The molecule has 0 heterocycles. The lowest BCUT2D eigenvalue weighted by molar-refractivity contribution is 0.0877. The second-order valence-corrected chi connectivity index (χ2v) is 2.70. The summed E-state index contributed by atoms with van der Waals surface area (Å²) in [7, 11) is 0. The molecular formula is C10H22O2. The van der Waals surface area contributed by atoms with Crippen LogP contribution in [0.5, 0.6) is 0 Å². The lowest BCUT2D eigenvalue weighted by Crippen LogP contribution is -2.10. The Morgan fingerprint density at radius 1 is 1.33 bits per heavy atom. The van der Waals surface area contributed by atoms with Gasteiger partial charge >= 0.3 is 0 Å². The molecule has 0 aromatic carbocycles. The van der Waals surface area contributed by atoms with Gasteiger partial charge < -0.3 is 10.2 Å². The van der Waals surface area contributed by atoms with Gasteiger partial charge in [-0.3, -0.25) is 0 Å². The highest BCUT2D eigenvalue weighted by Crippen LogP contribution is 1.92. The quantitative estimate of drug-likeness (QED) is 0.627. The molecule has 2 nitrogen and oxygen atoms in total. The largest absolute Gasteiger partial charge is 0.394 e. The van der Waals surface area contributed by atoms with E-state index in [9.17, 15) is 0 Å². The zero-order valence-electron chi connectivity index (χ0n) is 8.29. The molecule has 0 spiro atoms. The SMILES string of the molecule is C=CCCC.CCCC(O)CO. The van der Waals surface area contributed by atoms with Gasteiger partial charge in [-0.15, -0.1) is 6.58 Å². The van der Waals surface area contributed by atoms with E-state index >= 15 is 0 Å². The Bertz CT molecular complexity index is 81.9. The van der Waals surface area contributed by atoms with Crippen LogP contribution in [0.15, 0.2) is 12.7 Å². The molecule has 0 saturated carbocycles. The van der Waals surface area contributed by atoms with E-state index in [-0.39, 0.29) is 6.61 Å². The summed E-state index contributed by atoms with van der Waals surface area (Å²) in [6, 6.07) is 0. The lowest BCUT2D eigenvalue weighted by Gasteiger charge is -2.01. The number of unbranched alkanes of at least 4 members (excludes halogenated alkanes) is 1. The van der Waals surface area contributed by atoms with Crippen molar-refractivity contribution in [1.82, 2.24) is 0 Å². The minimum absolute atomic E-state index is 0.103. The summed E-state index contributed by atoms with van der Waals surface area (Å²) in [5, 5.41) is 16.8. The maximum absolute atomic E-state index is 8.61. The molecule has 0 aromatic rings. The first-order valence-corrected chi connectivity index (χ1v) is 4.62. The van der Waals surface area contributed by atoms with Crippen LogP contribution >= 0.6 is 0 Å². The van der Waals surface area contributed by atoms with E-state index in [1.807, 2.05) is 13.0 Å². The summed E-state index contributed by atoms with van der Waals surface area (Å²) in [4.78, 5) is 0. The normalized spacial score (nSPS) is 11.3. The highest BCUT2D eigenvalue weighted by atomic mass is 16.3. The summed E-state index contributed by atoms with van der Waals surface area (Å²) in [5.41, 5.74) is 0. The number of rotatable bonds is 5. The van der Waals surface area contributed by atoms with Gasteiger partial charge in [-0.1, -0.05) is 32.8 Å². The lowest BCUT2D eigenvalue weighted by atomic mass is 10.2. The van der Waals surface area contributed by atoms with Crippen LogP contribution in [0.25, 0.3) is 0 Å². The Kier molecular flexibility index (Phi) is 15.7. The Labute approximate surface area is 75.9 Å². The average molecular weight is 174 g/mol. The zero-order chi connectivity index (χ0) is 9.82. The monoisotopic (exact) mass is 174 g/mol. The van der Waals surface area contributed by atoms with Gasteiger partial charge in [-0.05, 0) is 12.8 Å². The van der Waals surface area contributed by atoms with Crippen molar-refractivity contribution in [3.05, 3.63) is 12.7 Å². The van der Waals surface area contributed by atoms with Crippen molar-refractivity contribution in [2.75, 3.05) is 6.61 Å². The summed E-state index contributed by atoms with van der Waals surface area (Å²) in [6.07, 6.45) is 5.45. The zero-order valence-corrected chi connectivity index (χ0v) is 8.29. The summed E-state index contributed by atoms with van der Waals surface area (Å²) in [5.74, 6) is 0. The average Bonchev–Trinajstić information content (AvgIpc) is 2.07. The minimum atomic E-state index is -0.495. The first kappa shape index (κ1) is 14.2. The number of aliphatic hydroxyl groups excluding tert-OH is 2. The van der Waals surface area contributed by atoms with E-state index in [1.54, 1.807) is 0 Å². The van der Waals surface area contributed by atoms with Gasteiger partial charge in [0.1, 0.15) is 0 Å². The van der Waals surface area contributed by atoms with E-state index in [4.69, 9.17) is 10.2 Å². The van der Waals surface area contributed by atoms with Crippen molar-refractivity contribution >= 4 is 0 Å². The Morgan fingerprint density at radius 2 is 1.92 bits per heavy atom. The minimum Gasteiger partial charge on any atom is -0.394 e. The fraction of sp³-hybridized carbons (Fsp3) is 0.800. The highest BCUT2D eigenvalue weighted by molar-refractivity contribution is 4.63.